The van der Waals surface area contributed by atoms with Crippen LogP contribution in [0.15, 0.2) is 56.5 Å². The van der Waals surface area contributed by atoms with Gasteiger partial charge in [-0.05, 0) is 31.2 Å². The van der Waals surface area contributed by atoms with E-state index in [1.165, 1.54) is 10.7 Å². The number of aromatic amines is 1. The van der Waals surface area contributed by atoms with Crippen molar-refractivity contribution in [1.29, 1.82) is 0 Å². The van der Waals surface area contributed by atoms with Crippen LogP contribution in [0.1, 0.15) is 5.69 Å². The Morgan fingerprint density at radius 1 is 1.04 bits per heavy atom. The number of hydrogen-bond acceptors (Lipinski definition) is 4. The Morgan fingerprint density at radius 3 is 2.54 bits per heavy atom. The summed E-state index contributed by atoms with van der Waals surface area (Å²) in [6.07, 6.45) is 0. The van der Waals surface area contributed by atoms with Gasteiger partial charge in [0.15, 0.2) is 11.2 Å². The van der Waals surface area contributed by atoms with E-state index in [4.69, 9.17) is 27.6 Å². The van der Waals surface area contributed by atoms with Crippen LogP contribution in [0.3, 0.4) is 0 Å². The van der Waals surface area contributed by atoms with Crippen LogP contribution < -0.4 is 11.2 Å². The lowest BCUT2D eigenvalue weighted by Gasteiger charge is -2.07. The second-order valence-electron chi connectivity index (χ2n) is 6.41. The molecular formula is C20H11Cl2N3O3. The lowest BCUT2D eigenvalue weighted by molar-refractivity contribution is 0.569. The second kappa shape index (κ2) is 5.95. The zero-order chi connectivity index (χ0) is 19.6. The number of fused-ring (bicyclic) bond motifs is 5. The molecule has 2 aromatic carbocycles. The molecule has 0 bridgehead atoms. The number of H-pyrrole nitrogens is 1. The van der Waals surface area contributed by atoms with E-state index in [9.17, 15) is 9.59 Å². The van der Waals surface area contributed by atoms with Crippen LogP contribution in [-0.2, 0) is 0 Å². The van der Waals surface area contributed by atoms with Gasteiger partial charge in [-0.15, -0.1) is 0 Å². The van der Waals surface area contributed by atoms with Gasteiger partial charge in [-0.25, -0.2) is 14.5 Å². The molecule has 5 aromatic rings. The molecule has 0 aliphatic rings. The molecule has 0 fully saturated rings. The van der Waals surface area contributed by atoms with Gasteiger partial charge >= 0.3 is 5.63 Å². The van der Waals surface area contributed by atoms with Crippen molar-refractivity contribution < 1.29 is 4.42 Å². The number of aromatic nitrogens is 3. The zero-order valence-corrected chi connectivity index (χ0v) is 15.9. The summed E-state index contributed by atoms with van der Waals surface area (Å²) in [5.41, 5.74) is 0.701. The summed E-state index contributed by atoms with van der Waals surface area (Å²) in [6.45, 7) is 1.69. The van der Waals surface area contributed by atoms with Crippen LogP contribution in [0.25, 0.3) is 38.5 Å². The van der Waals surface area contributed by atoms with Crippen molar-refractivity contribution in [2.45, 2.75) is 6.92 Å². The summed E-state index contributed by atoms with van der Waals surface area (Å²) in [5, 5.41) is 5.01. The predicted octanol–water partition coefficient (Wildman–Crippen LogP) is 4.59. The van der Waals surface area contributed by atoms with E-state index in [-0.39, 0.29) is 26.9 Å². The maximum absolute atomic E-state index is 13.3. The minimum atomic E-state index is -0.606. The second-order valence-corrected chi connectivity index (χ2v) is 7.26. The van der Waals surface area contributed by atoms with Crippen molar-refractivity contribution in [2.24, 2.45) is 0 Å². The van der Waals surface area contributed by atoms with Gasteiger partial charge in [0.2, 0.25) is 0 Å². The number of halogens is 2. The van der Waals surface area contributed by atoms with Crippen LogP contribution in [0.5, 0.6) is 0 Å². The third-order valence-electron chi connectivity index (χ3n) is 4.70. The molecule has 0 saturated heterocycles. The lowest BCUT2D eigenvalue weighted by Crippen LogP contribution is -2.14. The topological polar surface area (TPSA) is 80.9 Å². The summed E-state index contributed by atoms with van der Waals surface area (Å²) < 4.78 is 6.81. The number of nitrogens with zero attached hydrogens (tertiary/aromatic N) is 2. The first-order chi connectivity index (χ1) is 13.5. The third kappa shape index (κ3) is 2.32. The van der Waals surface area contributed by atoms with Gasteiger partial charge < -0.3 is 4.42 Å². The molecule has 3 aromatic heterocycles. The van der Waals surface area contributed by atoms with E-state index >= 15 is 0 Å². The fraction of sp³-hybridized carbons (Fsp3) is 0.0500. The van der Waals surface area contributed by atoms with Gasteiger partial charge in [0.1, 0.15) is 0 Å². The minimum Gasteiger partial charge on any atom is -0.421 e. The zero-order valence-electron chi connectivity index (χ0n) is 14.4. The number of hydrogen-bond donors (Lipinski definition) is 1. The van der Waals surface area contributed by atoms with Crippen LogP contribution in [-0.4, -0.2) is 14.8 Å². The number of rotatable bonds is 1. The van der Waals surface area contributed by atoms with Crippen LogP contribution in [0.2, 0.25) is 10.0 Å². The normalized spacial score (nSPS) is 11.7. The first-order valence-corrected chi connectivity index (χ1v) is 9.13. The van der Waals surface area contributed by atoms with Crippen molar-refractivity contribution in [3.8, 4) is 5.69 Å². The Kier molecular flexibility index (Phi) is 3.62. The van der Waals surface area contributed by atoms with Crippen molar-refractivity contribution in [2.75, 3.05) is 0 Å². The van der Waals surface area contributed by atoms with Gasteiger partial charge in [0.25, 0.3) is 5.56 Å². The minimum absolute atomic E-state index is 0.183. The number of nitrogens with one attached hydrogen (secondary N) is 1. The molecule has 28 heavy (non-hydrogen) atoms. The van der Waals surface area contributed by atoms with Gasteiger partial charge in [0, 0.05) is 15.8 Å². The van der Waals surface area contributed by atoms with Gasteiger partial charge in [0.05, 0.1) is 27.2 Å². The smallest absolute Gasteiger partial charge is 0.346 e. The number of aryl methyl sites for hydroxylation is 1. The highest BCUT2D eigenvalue weighted by atomic mass is 35.5. The molecule has 0 amide bonds. The molecule has 5 rings (SSSR count). The first kappa shape index (κ1) is 17.0. The molecule has 0 saturated carbocycles. The fourth-order valence-corrected chi connectivity index (χ4v) is 4.06. The van der Waals surface area contributed by atoms with E-state index in [2.05, 4.69) is 10.1 Å². The summed E-state index contributed by atoms with van der Waals surface area (Å²) in [7, 11) is 0. The average Bonchev–Trinajstić information content (AvgIpc) is 2.99. The molecule has 0 aliphatic carbocycles. The molecule has 6 nitrogen and oxygen atoms in total. The average molecular weight is 412 g/mol. The summed E-state index contributed by atoms with van der Waals surface area (Å²) in [6, 6.07) is 12.2. The van der Waals surface area contributed by atoms with E-state index in [1.807, 2.05) is 18.2 Å². The van der Waals surface area contributed by atoms with Gasteiger partial charge in [-0.3, -0.25) is 9.89 Å². The number of para-hydroxylation sites is 1. The van der Waals surface area contributed by atoms with Crippen LogP contribution >= 0.6 is 23.2 Å². The van der Waals surface area contributed by atoms with E-state index in [0.717, 1.165) is 0 Å². The number of pyridine rings is 1. The van der Waals surface area contributed by atoms with Crippen molar-refractivity contribution >= 4 is 56.0 Å². The van der Waals surface area contributed by atoms with Crippen molar-refractivity contribution in [3.63, 3.8) is 0 Å². The Balaban J connectivity index is 2.09. The summed E-state index contributed by atoms with van der Waals surface area (Å²) >= 11 is 12.4. The highest BCUT2D eigenvalue weighted by molar-refractivity contribution is 6.39. The van der Waals surface area contributed by atoms with E-state index in [1.54, 1.807) is 25.1 Å². The maximum atomic E-state index is 13.3. The predicted molar refractivity (Wildman–Crippen MR) is 110 cm³/mol. The molecule has 138 valence electrons. The highest BCUT2D eigenvalue weighted by Gasteiger charge is 2.21. The molecule has 0 radical (unpaired) electrons. The van der Waals surface area contributed by atoms with E-state index < -0.39 is 5.63 Å². The summed E-state index contributed by atoms with van der Waals surface area (Å²) in [5.74, 6) is 0. The monoisotopic (exact) mass is 411 g/mol. The Morgan fingerprint density at radius 2 is 1.79 bits per heavy atom. The molecule has 0 aliphatic heterocycles. The van der Waals surface area contributed by atoms with Crippen LogP contribution in [0.4, 0.5) is 0 Å². The maximum Gasteiger partial charge on any atom is 0.346 e. The largest absolute Gasteiger partial charge is 0.421 e. The van der Waals surface area contributed by atoms with Crippen LogP contribution in [0, 0.1) is 6.92 Å². The molecule has 0 spiro atoms. The summed E-state index contributed by atoms with van der Waals surface area (Å²) in [4.78, 5) is 30.4. The number of benzene rings is 2. The molecule has 3 heterocycles. The third-order valence-corrected chi connectivity index (χ3v) is 5.20. The Labute approximate surface area is 166 Å². The van der Waals surface area contributed by atoms with Crippen molar-refractivity contribution in [1.82, 2.24) is 14.8 Å². The fourth-order valence-electron chi connectivity index (χ4n) is 3.53. The lowest BCUT2D eigenvalue weighted by atomic mass is 10.0. The van der Waals surface area contributed by atoms with Crippen molar-refractivity contribution in [3.05, 3.63) is 79.0 Å². The van der Waals surface area contributed by atoms with Gasteiger partial charge in [-0.1, -0.05) is 41.4 Å². The standard InChI is InChI=1S/C20H11Cl2N3O3/c1-9-14-15(12-7-10(21)8-13(22)17(12)28-20(14)27)16-18(23-9)24-25(19(16)26)11-5-3-2-4-6-11/h2-8H,1H3,(H,23,24). The molecule has 0 unspecified atom stereocenters. The quantitative estimate of drug-likeness (QED) is 0.323. The molecule has 8 heteroatoms. The highest BCUT2D eigenvalue weighted by Crippen LogP contribution is 2.34. The van der Waals surface area contributed by atoms with E-state index in [0.29, 0.717) is 32.8 Å². The molecular weight excluding hydrogens is 401 g/mol. The Bertz CT molecular complexity index is 1530. The van der Waals surface area contributed by atoms with Gasteiger partial charge in [-0.2, -0.15) is 0 Å². The molecule has 0 atom stereocenters. The SMILES string of the molecule is Cc1nc2[nH]n(-c3ccccc3)c(=O)c2c2c1c(=O)oc1c(Cl)cc(Cl)cc12. The Hall–Kier alpha value is -3.09. The molecule has 1 N–H and O–H groups in total. The first-order valence-electron chi connectivity index (χ1n) is 8.38.